The van der Waals surface area contributed by atoms with E-state index in [2.05, 4.69) is 144 Å². The first-order valence-corrected chi connectivity index (χ1v) is 32.9. The minimum atomic E-state index is 0.937. The Hall–Kier alpha value is -5.38. The summed E-state index contributed by atoms with van der Waals surface area (Å²) in [6.45, 7) is 27.7. The van der Waals surface area contributed by atoms with Gasteiger partial charge >= 0.3 is 0 Å². The van der Waals surface area contributed by atoms with Crippen molar-refractivity contribution < 1.29 is 0 Å². The predicted octanol–water partition coefficient (Wildman–Crippen LogP) is 22.9. The molecule has 8 heteroatoms. The van der Waals surface area contributed by atoms with Gasteiger partial charge in [0.15, 0.2) is 0 Å². The average molecular weight is 1100 g/mol. The fourth-order valence-electron chi connectivity index (χ4n) is 12.7. The SMILES string of the molecule is CCCCc1c(CCCC)c2cc3nc(cc4sc(cc5nc(cc1s2)C(CC)=C5C)c1cc2c5cc6nc(cc7sc(cc8nc(cc(s5)c2cc41)C(C)=C8CC)c(CCCC)c7CCCC)C(CC)=C6C)C(C)=C3CC. The van der Waals surface area contributed by atoms with E-state index in [9.17, 15) is 0 Å². The first kappa shape index (κ1) is 54.6. The Morgan fingerprint density at radius 2 is 0.474 bits per heavy atom. The molecule has 11 rings (SSSR count). The van der Waals surface area contributed by atoms with E-state index in [1.807, 2.05) is 45.3 Å². The highest BCUT2D eigenvalue weighted by atomic mass is 32.1. The third-order valence-electron chi connectivity index (χ3n) is 17.2. The molecule has 4 nitrogen and oxygen atoms in total. The fraction of sp³-hybridized carbons (Fsp3) is 0.400. The van der Waals surface area contributed by atoms with Gasteiger partial charge in [-0.1, -0.05) is 81.1 Å². The summed E-state index contributed by atoms with van der Waals surface area (Å²) in [4.78, 5) is 22.4. The summed E-state index contributed by atoms with van der Waals surface area (Å²) in [5.41, 5.74) is 25.4. The molecule has 7 aromatic rings. The Labute approximate surface area is 479 Å². The van der Waals surface area contributed by atoms with Crippen molar-refractivity contribution in [3.05, 3.63) is 128 Å². The van der Waals surface area contributed by atoms with E-state index in [4.69, 9.17) is 19.9 Å². The van der Waals surface area contributed by atoms with Crippen LogP contribution in [0.1, 0.15) is 228 Å². The molecule has 4 aliphatic heterocycles. The highest BCUT2D eigenvalue weighted by molar-refractivity contribution is 7.27. The van der Waals surface area contributed by atoms with Gasteiger partial charge in [0, 0.05) is 59.1 Å². The zero-order valence-corrected chi connectivity index (χ0v) is 51.8. The topological polar surface area (TPSA) is 51.6 Å². The lowest BCUT2D eigenvalue weighted by Crippen LogP contribution is -1.92. The Morgan fingerprint density at radius 3 is 0.679 bits per heavy atom. The molecule has 78 heavy (non-hydrogen) atoms. The van der Waals surface area contributed by atoms with Crippen molar-refractivity contribution in [3.8, 4) is 0 Å². The van der Waals surface area contributed by atoms with E-state index in [0.717, 1.165) is 96.9 Å². The largest absolute Gasteiger partial charge is 0.248 e. The molecule has 0 spiro atoms. The molecular weight excluding hydrogens is 1030 g/mol. The standard InChI is InChI=1S/C70H78N4S4/c1-13-21-25-47-48(26-22-14-2)64-36-60-44(18-6)40(10)56(72-60)32-68-52-30-54-53(29-51(52)67(77-68)31-55-39(9)43(17-5)59(71-55)35-63(47)75-64)69-33-57-41(11)45(19-7)61(73-57)37-65-49(27-23-15-3)50(28-24-16-4)66(76-65)38-62-46(20-8)42(12)58(74-62)34-70(54)78-69/h29-38H,13-28H2,1-12H3. The van der Waals surface area contributed by atoms with Crippen LogP contribution in [0, 0.1) is 0 Å². The normalized spacial score (nSPS) is 14.0. The molecule has 10 heterocycles. The van der Waals surface area contributed by atoms with Crippen molar-refractivity contribution in [1.82, 2.24) is 19.9 Å². The molecule has 0 saturated carbocycles. The van der Waals surface area contributed by atoms with Crippen LogP contribution in [0.2, 0.25) is 0 Å². The number of benzene rings is 1. The van der Waals surface area contributed by atoms with Gasteiger partial charge in [-0.2, -0.15) is 0 Å². The molecule has 4 aliphatic rings. The summed E-state index contributed by atoms with van der Waals surface area (Å²) in [6, 6.07) is 24.4. The molecular formula is C70H78N4S4. The monoisotopic (exact) mass is 1100 g/mol. The maximum absolute atomic E-state index is 5.60. The third-order valence-corrected chi connectivity index (χ3v) is 21.8. The van der Waals surface area contributed by atoms with E-state index in [1.165, 1.54) is 177 Å². The summed E-state index contributed by atoms with van der Waals surface area (Å²) < 4.78 is 10.4. The summed E-state index contributed by atoms with van der Waals surface area (Å²) >= 11 is 7.69. The number of rotatable bonds is 16. The molecule has 0 amide bonds. The molecule has 1 aromatic carbocycles. The fourth-order valence-corrected chi connectivity index (χ4v) is 17.5. The molecule has 0 unspecified atom stereocenters. The Balaban J connectivity index is 1.27. The molecule has 402 valence electrons. The van der Waals surface area contributed by atoms with Crippen LogP contribution in [0.4, 0.5) is 0 Å². The second kappa shape index (κ2) is 23.0. The minimum absolute atomic E-state index is 0.937. The zero-order chi connectivity index (χ0) is 54.5. The minimum Gasteiger partial charge on any atom is -0.248 e. The number of allylic oxidation sites excluding steroid dienone is 8. The number of aryl methyl sites for hydroxylation is 4. The van der Waals surface area contributed by atoms with Gasteiger partial charge in [0.1, 0.15) is 0 Å². The van der Waals surface area contributed by atoms with Gasteiger partial charge in [0.2, 0.25) is 0 Å². The van der Waals surface area contributed by atoms with Crippen LogP contribution in [0.25, 0.3) is 104 Å². The number of aromatic nitrogens is 4. The molecule has 0 saturated heterocycles. The lowest BCUT2D eigenvalue weighted by Gasteiger charge is -2.05. The van der Waals surface area contributed by atoms with Crippen LogP contribution in [0.5, 0.6) is 0 Å². The van der Waals surface area contributed by atoms with Crippen molar-refractivity contribution in [1.29, 1.82) is 0 Å². The molecule has 0 N–H and O–H groups in total. The number of thiophene rings is 4. The predicted molar refractivity (Wildman–Crippen MR) is 350 cm³/mol. The summed E-state index contributed by atoms with van der Waals surface area (Å²) in [6.07, 6.45) is 17.6. The molecule has 16 bridgehead atoms. The number of fused-ring (bicyclic) bond motifs is 22. The second-order valence-electron chi connectivity index (χ2n) is 22.1. The van der Waals surface area contributed by atoms with E-state index < -0.39 is 0 Å². The summed E-state index contributed by atoms with van der Waals surface area (Å²) in [7, 11) is 0. The summed E-state index contributed by atoms with van der Waals surface area (Å²) in [5, 5.41) is 5.02. The maximum atomic E-state index is 5.60. The highest BCUT2D eigenvalue weighted by Crippen LogP contribution is 2.47. The number of hydrogen-bond acceptors (Lipinski definition) is 8. The van der Waals surface area contributed by atoms with Gasteiger partial charge in [-0.25, -0.2) is 19.9 Å². The molecule has 0 radical (unpaired) electrons. The second-order valence-corrected chi connectivity index (χ2v) is 26.4. The highest BCUT2D eigenvalue weighted by Gasteiger charge is 2.24. The lowest BCUT2D eigenvalue weighted by atomic mass is 9.98. The van der Waals surface area contributed by atoms with Crippen LogP contribution in [0.3, 0.4) is 0 Å². The quantitative estimate of drug-likeness (QED) is 0.0968. The van der Waals surface area contributed by atoms with E-state index in [1.54, 1.807) is 0 Å². The van der Waals surface area contributed by atoms with Crippen molar-refractivity contribution in [2.45, 2.75) is 186 Å². The summed E-state index contributed by atoms with van der Waals surface area (Å²) in [5.74, 6) is 0. The molecule has 0 aliphatic carbocycles. The average Bonchev–Trinajstić information content (AvgIpc) is 4.33. The van der Waals surface area contributed by atoms with Crippen molar-refractivity contribution >= 4 is 149 Å². The first-order chi connectivity index (χ1) is 37.9. The Kier molecular flexibility index (Phi) is 16.1. The number of hydrogen-bond donors (Lipinski definition) is 0. The first-order valence-electron chi connectivity index (χ1n) is 29.7. The van der Waals surface area contributed by atoms with Gasteiger partial charge in [0.25, 0.3) is 0 Å². The number of nitrogens with zero attached hydrogens (tertiary/aromatic N) is 4. The van der Waals surface area contributed by atoms with Crippen LogP contribution in [0.15, 0.2) is 60.7 Å². The van der Waals surface area contributed by atoms with Crippen LogP contribution >= 0.6 is 45.3 Å². The maximum Gasteiger partial charge on any atom is 0.0686 e. The van der Waals surface area contributed by atoms with Crippen LogP contribution < -0.4 is 0 Å². The van der Waals surface area contributed by atoms with Crippen molar-refractivity contribution in [3.63, 3.8) is 0 Å². The van der Waals surface area contributed by atoms with E-state index in [0.29, 0.717) is 0 Å². The van der Waals surface area contributed by atoms with E-state index in [-0.39, 0.29) is 0 Å². The van der Waals surface area contributed by atoms with Crippen molar-refractivity contribution in [2.24, 2.45) is 0 Å². The Morgan fingerprint density at radius 1 is 0.269 bits per heavy atom. The molecule has 6 aromatic heterocycles. The lowest BCUT2D eigenvalue weighted by molar-refractivity contribution is 0.767. The smallest absolute Gasteiger partial charge is 0.0686 e. The van der Waals surface area contributed by atoms with Crippen LogP contribution in [-0.4, -0.2) is 19.9 Å². The van der Waals surface area contributed by atoms with Gasteiger partial charge in [-0.15, -0.1) is 45.3 Å². The zero-order valence-electron chi connectivity index (χ0n) is 48.5. The van der Waals surface area contributed by atoms with Gasteiger partial charge < -0.3 is 0 Å². The molecule has 0 atom stereocenters. The molecule has 0 fully saturated rings. The third kappa shape index (κ3) is 9.83. The van der Waals surface area contributed by atoms with Gasteiger partial charge in [-0.3, -0.25) is 0 Å². The number of unbranched alkanes of at least 4 members (excludes halogenated alkanes) is 4. The van der Waals surface area contributed by atoms with E-state index >= 15 is 0 Å². The Bertz CT molecular complexity index is 3550. The van der Waals surface area contributed by atoms with Crippen LogP contribution in [-0.2, 0) is 25.7 Å². The van der Waals surface area contributed by atoms with Crippen molar-refractivity contribution in [2.75, 3.05) is 0 Å². The van der Waals surface area contributed by atoms with Gasteiger partial charge in [-0.05, 0) is 232 Å². The van der Waals surface area contributed by atoms with Gasteiger partial charge in [0.05, 0.1) is 45.6 Å².